The number of hydrogen-bond acceptors (Lipinski definition) is 8. The Hall–Kier alpha value is -3.77. The first kappa shape index (κ1) is 25.9. The molecule has 200 valence electrons. The minimum Gasteiger partial charge on any atom is -0.378 e. The number of carbonyl (C=O) groups is 1. The first-order valence-electron chi connectivity index (χ1n) is 12.4. The fourth-order valence-electron chi connectivity index (χ4n) is 4.48. The number of nitrogens with one attached hydrogen (secondary N) is 2. The van der Waals surface area contributed by atoms with Gasteiger partial charge in [0.2, 0.25) is 5.95 Å². The van der Waals surface area contributed by atoms with Crippen LogP contribution in [0.15, 0.2) is 42.6 Å². The normalized spacial score (nSPS) is 16.4. The Labute approximate surface area is 218 Å². The molecule has 0 unspecified atom stereocenters. The molecule has 9 nitrogen and oxygen atoms in total. The number of nitrogens with zero attached hydrogens (tertiary/aromatic N) is 5. The van der Waals surface area contributed by atoms with E-state index in [9.17, 15) is 18.0 Å². The average Bonchev–Trinajstić information content (AvgIpc) is 2.94. The van der Waals surface area contributed by atoms with Crippen LogP contribution in [0.4, 0.5) is 30.6 Å². The van der Waals surface area contributed by atoms with Crippen molar-refractivity contribution in [3.05, 3.63) is 59.3 Å². The predicted molar refractivity (Wildman–Crippen MR) is 138 cm³/mol. The lowest BCUT2D eigenvalue weighted by Crippen LogP contribution is -2.44. The molecule has 0 radical (unpaired) electrons. The molecule has 12 heteroatoms. The van der Waals surface area contributed by atoms with Crippen molar-refractivity contribution in [2.45, 2.75) is 13.1 Å². The second-order valence-electron chi connectivity index (χ2n) is 9.12. The molecule has 0 saturated carbocycles. The van der Waals surface area contributed by atoms with Crippen LogP contribution < -0.4 is 20.4 Å². The molecule has 1 amide bonds. The van der Waals surface area contributed by atoms with E-state index in [0.717, 1.165) is 62.8 Å². The molecule has 2 fully saturated rings. The number of amides is 1. The van der Waals surface area contributed by atoms with E-state index in [0.29, 0.717) is 36.2 Å². The largest absolute Gasteiger partial charge is 0.416 e. The average molecular weight is 528 g/mol. The van der Waals surface area contributed by atoms with E-state index in [2.05, 4.69) is 25.4 Å². The van der Waals surface area contributed by atoms with E-state index < -0.39 is 17.6 Å². The quantitative estimate of drug-likeness (QED) is 0.522. The molecule has 2 N–H and O–H groups in total. The molecule has 4 heterocycles. The number of anilines is 3. The minimum absolute atomic E-state index is 0.0913. The summed E-state index contributed by atoms with van der Waals surface area (Å²) in [6.45, 7) is 7.94. The summed E-state index contributed by atoms with van der Waals surface area (Å²) in [6, 6.07) is 7.69. The van der Waals surface area contributed by atoms with Crippen molar-refractivity contribution >= 4 is 23.4 Å². The van der Waals surface area contributed by atoms with Crippen molar-refractivity contribution in [2.24, 2.45) is 0 Å². The van der Waals surface area contributed by atoms with E-state index in [4.69, 9.17) is 14.7 Å². The summed E-state index contributed by atoms with van der Waals surface area (Å²) in [5.41, 5.74) is 1.57. The van der Waals surface area contributed by atoms with Gasteiger partial charge in [0.25, 0.3) is 5.91 Å². The Kier molecular flexibility index (Phi) is 7.43. The molecular weight excluding hydrogens is 499 g/mol. The molecule has 2 aromatic heterocycles. The van der Waals surface area contributed by atoms with E-state index in [1.165, 1.54) is 18.3 Å². The molecule has 2 saturated heterocycles. The topological polar surface area (TPSA) is 95.5 Å². The van der Waals surface area contributed by atoms with Crippen molar-refractivity contribution < 1.29 is 22.7 Å². The van der Waals surface area contributed by atoms with Crippen molar-refractivity contribution in [1.82, 2.24) is 20.3 Å². The number of hydrogen-bond donors (Lipinski definition) is 2. The van der Waals surface area contributed by atoms with Gasteiger partial charge in [0.15, 0.2) is 0 Å². The number of halogens is 3. The lowest BCUT2D eigenvalue weighted by atomic mass is 10.1. The second kappa shape index (κ2) is 10.9. The molecule has 38 heavy (non-hydrogen) atoms. The van der Waals surface area contributed by atoms with Crippen LogP contribution in [0.25, 0.3) is 11.4 Å². The number of ether oxygens (including phenoxy) is 1. The Morgan fingerprint density at radius 2 is 1.79 bits per heavy atom. The van der Waals surface area contributed by atoms with E-state index in [1.54, 1.807) is 12.1 Å². The van der Waals surface area contributed by atoms with Crippen LogP contribution in [0, 0.1) is 6.92 Å². The fraction of sp³-hybridized carbons (Fsp3) is 0.385. The van der Waals surface area contributed by atoms with Crippen LogP contribution in [0.1, 0.15) is 21.5 Å². The van der Waals surface area contributed by atoms with Gasteiger partial charge >= 0.3 is 6.18 Å². The van der Waals surface area contributed by atoms with E-state index in [-0.39, 0.29) is 5.56 Å². The lowest BCUT2D eigenvalue weighted by Gasteiger charge is -2.32. The van der Waals surface area contributed by atoms with Crippen LogP contribution in [-0.2, 0) is 10.9 Å². The second-order valence-corrected chi connectivity index (χ2v) is 9.12. The SMILES string of the molecule is Cc1c(-c2ccc(NC(=O)c3cccc(C(F)(F)F)c3)cn2)nc(N2CCNCC2)nc1N1CCOCC1. The summed E-state index contributed by atoms with van der Waals surface area (Å²) in [4.78, 5) is 31.2. The molecule has 0 spiro atoms. The maximum absolute atomic E-state index is 13.0. The predicted octanol–water partition coefficient (Wildman–Crippen LogP) is 3.36. The number of morpholine rings is 1. The zero-order chi connectivity index (χ0) is 26.7. The van der Waals surface area contributed by atoms with Crippen molar-refractivity contribution in [3.63, 3.8) is 0 Å². The highest BCUT2D eigenvalue weighted by Gasteiger charge is 2.31. The highest BCUT2D eigenvalue weighted by Crippen LogP contribution is 2.31. The molecule has 1 aromatic carbocycles. The van der Waals surface area contributed by atoms with Crippen molar-refractivity contribution in [1.29, 1.82) is 0 Å². The molecule has 0 atom stereocenters. The number of alkyl halides is 3. The Morgan fingerprint density at radius 3 is 2.47 bits per heavy atom. The highest BCUT2D eigenvalue weighted by atomic mass is 19.4. The molecule has 3 aromatic rings. The standard InChI is InChI=1S/C26H28F3N7O2/c1-17-22(33-25(36-9-7-30-8-10-36)34-23(17)35-11-13-38-14-12-35)21-6-5-20(16-31-21)32-24(37)18-3-2-4-19(15-18)26(27,28)29/h2-6,15-16,30H,7-14H2,1H3,(H,32,37). The Morgan fingerprint density at radius 1 is 1.03 bits per heavy atom. The van der Waals surface area contributed by atoms with Gasteiger partial charge in [0, 0.05) is 50.4 Å². The van der Waals surface area contributed by atoms with Crippen molar-refractivity contribution in [3.8, 4) is 11.4 Å². The maximum atomic E-state index is 13.0. The van der Waals surface area contributed by atoms with Crippen LogP contribution in [0.2, 0.25) is 0 Å². The number of rotatable bonds is 5. The smallest absolute Gasteiger partial charge is 0.378 e. The third-order valence-corrected chi connectivity index (χ3v) is 6.53. The zero-order valence-electron chi connectivity index (χ0n) is 20.9. The van der Waals surface area contributed by atoms with Gasteiger partial charge in [0.05, 0.1) is 42.0 Å². The summed E-state index contributed by atoms with van der Waals surface area (Å²) >= 11 is 0. The van der Waals surface area contributed by atoms with Gasteiger partial charge in [0.1, 0.15) is 5.82 Å². The summed E-state index contributed by atoms with van der Waals surface area (Å²) in [6.07, 6.45) is -3.06. The number of carbonyl (C=O) groups excluding carboxylic acids is 1. The molecule has 0 aliphatic carbocycles. The molecule has 5 rings (SSSR count). The summed E-state index contributed by atoms with van der Waals surface area (Å²) < 4.78 is 44.6. The van der Waals surface area contributed by atoms with E-state index >= 15 is 0 Å². The van der Waals surface area contributed by atoms with Gasteiger partial charge in [-0.3, -0.25) is 9.78 Å². The van der Waals surface area contributed by atoms with Crippen molar-refractivity contribution in [2.75, 3.05) is 67.6 Å². The summed E-state index contributed by atoms with van der Waals surface area (Å²) in [5.74, 6) is 0.826. The zero-order valence-corrected chi connectivity index (χ0v) is 20.9. The Balaban J connectivity index is 1.41. The minimum atomic E-state index is -4.53. The number of pyridine rings is 1. The summed E-state index contributed by atoms with van der Waals surface area (Å²) in [5, 5.41) is 5.95. The van der Waals surface area contributed by atoms with Crippen LogP contribution in [0.3, 0.4) is 0 Å². The van der Waals surface area contributed by atoms with Gasteiger partial charge in [-0.15, -0.1) is 0 Å². The summed E-state index contributed by atoms with van der Waals surface area (Å²) in [7, 11) is 0. The fourth-order valence-corrected chi connectivity index (χ4v) is 4.48. The van der Waals surface area contributed by atoms with Crippen LogP contribution in [0.5, 0.6) is 0 Å². The van der Waals surface area contributed by atoms with Gasteiger partial charge in [-0.25, -0.2) is 4.98 Å². The first-order valence-corrected chi connectivity index (χ1v) is 12.4. The van der Waals surface area contributed by atoms with Gasteiger partial charge in [-0.05, 0) is 37.3 Å². The first-order chi connectivity index (χ1) is 18.3. The van der Waals surface area contributed by atoms with Crippen LogP contribution >= 0.6 is 0 Å². The number of benzene rings is 1. The molecule has 2 aliphatic rings. The van der Waals surface area contributed by atoms with Gasteiger partial charge in [-0.1, -0.05) is 6.07 Å². The lowest BCUT2D eigenvalue weighted by molar-refractivity contribution is -0.137. The monoisotopic (exact) mass is 527 g/mol. The van der Waals surface area contributed by atoms with E-state index in [1.807, 2.05) is 6.92 Å². The molecular formula is C26H28F3N7O2. The molecule has 0 bridgehead atoms. The van der Waals surface area contributed by atoms with Gasteiger partial charge in [-0.2, -0.15) is 18.2 Å². The highest BCUT2D eigenvalue weighted by molar-refractivity contribution is 6.04. The van der Waals surface area contributed by atoms with Gasteiger partial charge < -0.3 is 25.2 Å². The number of aromatic nitrogens is 3. The maximum Gasteiger partial charge on any atom is 0.416 e. The third-order valence-electron chi connectivity index (χ3n) is 6.53. The molecule has 2 aliphatic heterocycles. The van der Waals surface area contributed by atoms with Crippen LogP contribution in [-0.4, -0.2) is 73.3 Å². The number of piperazine rings is 1. The Bertz CT molecular complexity index is 1290. The third kappa shape index (κ3) is 5.70.